The molecule has 1 amide bonds. The number of carbonyl (C=O) groups is 1. The van der Waals surface area contributed by atoms with Gasteiger partial charge in [-0.05, 0) is 17.7 Å². The van der Waals surface area contributed by atoms with Gasteiger partial charge in [0.05, 0.1) is 5.51 Å². The standard InChI is InChI=1S/C11H9ClN2OS/c12-9-3-1-2-8(4-9)5-13-11(15)10-6-16-7-14-10/h1-4,6-7H,5H2,(H,13,15). The van der Waals surface area contributed by atoms with Gasteiger partial charge in [-0.2, -0.15) is 0 Å². The zero-order valence-corrected chi connectivity index (χ0v) is 9.89. The second kappa shape index (κ2) is 5.09. The van der Waals surface area contributed by atoms with Crippen LogP contribution in [0.25, 0.3) is 0 Å². The minimum absolute atomic E-state index is 0.166. The van der Waals surface area contributed by atoms with Crippen LogP contribution in [0.3, 0.4) is 0 Å². The molecule has 2 aromatic rings. The predicted molar refractivity (Wildman–Crippen MR) is 64.7 cm³/mol. The molecule has 3 nitrogen and oxygen atoms in total. The molecule has 0 atom stereocenters. The van der Waals surface area contributed by atoms with Crippen LogP contribution in [0.4, 0.5) is 0 Å². The molecule has 0 radical (unpaired) electrons. The minimum Gasteiger partial charge on any atom is -0.347 e. The summed E-state index contributed by atoms with van der Waals surface area (Å²) in [7, 11) is 0. The number of aromatic nitrogens is 1. The van der Waals surface area contributed by atoms with Gasteiger partial charge < -0.3 is 5.32 Å². The van der Waals surface area contributed by atoms with Crippen LogP contribution < -0.4 is 5.32 Å². The lowest BCUT2D eigenvalue weighted by molar-refractivity contribution is 0.0946. The zero-order chi connectivity index (χ0) is 11.4. The van der Waals surface area contributed by atoms with E-state index in [-0.39, 0.29) is 5.91 Å². The quantitative estimate of drug-likeness (QED) is 0.913. The van der Waals surface area contributed by atoms with Crippen molar-refractivity contribution < 1.29 is 4.79 Å². The highest BCUT2D eigenvalue weighted by Crippen LogP contribution is 2.10. The maximum atomic E-state index is 11.6. The molecule has 0 fully saturated rings. The molecule has 1 N–H and O–H groups in total. The summed E-state index contributed by atoms with van der Waals surface area (Å²) in [5.74, 6) is -0.166. The number of hydrogen-bond donors (Lipinski definition) is 1. The van der Waals surface area contributed by atoms with Gasteiger partial charge in [-0.25, -0.2) is 4.98 Å². The van der Waals surface area contributed by atoms with Crippen LogP contribution in [0.15, 0.2) is 35.2 Å². The van der Waals surface area contributed by atoms with E-state index in [0.29, 0.717) is 17.3 Å². The van der Waals surface area contributed by atoms with Gasteiger partial charge >= 0.3 is 0 Å². The first-order valence-corrected chi connectivity index (χ1v) is 5.98. The Labute approximate surface area is 102 Å². The molecule has 16 heavy (non-hydrogen) atoms. The minimum atomic E-state index is -0.166. The van der Waals surface area contributed by atoms with Crippen LogP contribution in [0.1, 0.15) is 16.1 Å². The molecule has 0 unspecified atom stereocenters. The Hall–Kier alpha value is -1.39. The lowest BCUT2D eigenvalue weighted by atomic mass is 10.2. The van der Waals surface area contributed by atoms with Gasteiger partial charge in [0, 0.05) is 16.9 Å². The van der Waals surface area contributed by atoms with Crippen molar-refractivity contribution in [1.82, 2.24) is 10.3 Å². The molecule has 1 aromatic heterocycles. The fraction of sp³-hybridized carbons (Fsp3) is 0.0909. The Balaban J connectivity index is 1.95. The molecule has 82 valence electrons. The molecular weight excluding hydrogens is 244 g/mol. The number of carbonyl (C=O) groups excluding carboxylic acids is 1. The number of amides is 1. The second-order valence-corrected chi connectivity index (χ2v) is 4.34. The van der Waals surface area contributed by atoms with Gasteiger partial charge in [0.2, 0.25) is 0 Å². The maximum absolute atomic E-state index is 11.6. The Kier molecular flexibility index (Phi) is 3.54. The molecular formula is C11H9ClN2OS. The molecule has 1 heterocycles. The summed E-state index contributed by atoms with van der Waals surface area (Å²) in [6.45, 7) is 0.455. The van der Waals surface area contributed by atoms with Gasteiger partial charge in [-0.3, -0.25) is 4.79 Å². The third-order valence-electron chi connectivity index (χ3n) is 2.01. The lowest BCUT2D eigenvalue weighted by Crippen LogP contribution is -2.22. The first-order valence-electron chi connectivity index (χ1n) is 4.66. The average molecular weight is 253 g/mol. The largest absolute Gasteiger partial charge is 0.347 e. The summed E-state index contributed by atoms with van der Waals surface area (Å²) in [5, 5.41) is 5.16. The van der Waals surface area contributed by atoms with E-state index >= 15 is 0 Å². The second-order valence-electron chi connectivity index (χ2n) is 3.19. The van der Waals surface area contributed by atoms with E-state index in [9.17, 15) is 4.79 Å². The topological polar surface area (TPSA) is 42.0 Å². The highest BCUT2D eigenvalue weighted by Gasteiger charge is 2.06. The molecule has 0 aliphatic carbocycles. The van der Waals surface area contributed by atoms with Crippen molar-refractivity contribution in [3.63, 3.8) is 0 Å². The summed E-state index contributed by atoms with van der Waals surface area (Å²) >= 11 is 7.24. The van der Waals surface area contributed by atoms with Crippen molar-refractivity contribution in [2.24, 2.45) is 0 Å². The van der Waals surface area contributed by atoms with Crippen molar-refractivity contribution >= 4 is 28.8 Å². The molecule has 2 rings (SSSR count). The Bertz CT molecular complexity index is 484. The van der Waals surface area contributed by atoms with Crippen molar-refractivity contribution in [1.29, 1.82) is 0 Å². The first kappa shape index (κ1) is 11.1. The molecule has 0 aliphatic heterocycles. The van der Waals surface area contributed by atoms with Crippen molar-refractivity contribution in [3.8, 4) is 0 Å². The van der Waals surface area contributed by atoms with Crippen LogP contribution in [-0.4, -0.2) is 10.9 Å². The zero-order valence-electron chi connectivity index (χ0n) is 8.31. The Morgan fingerprint density at radius 2 is 2.38 bits per heavy atom. The highest BCUT2D eigenvalue weighted by atomic mass is 35.5. The molecule has 0 saturated heterocycles. The lowest BCUT2D eigenvalue weighted by Gasteiger charge is -2.03. The third kappa shape index (κ3) is 2.81. The first-order chi connectivity index (χ1) is 7.75. The highest BCUT2D eigenvalue weighted by molar-refractivity contribution is 7.07. The average Bonchev–Trinajstić information content (AvgIpc) is 2.79. The van der Waals surface area contributed by atoms with Gasteiger partial charge in [0.15, 0.2) is 0 Å². The number of halogens is 1. The fourth-order valence-electron chi connectivity index (χ4n) is 1.24. The molecule has 0 saturated carbocycles. The number of hydrogen-bond acceptors (Lipinski definition) is 3. The number of benzene rings is 1. The summed E-state index contributed by atoms with van der Waals surface area (Å²) in [5.41, 5.74) is 3.05. The van der Waals surface area contributed by atoms with Gasteiger partial charge in [-0.1, -0.05) is 23.7 Å². The summed E-state index contributed by atoms with van der Waals surface area (Å²) < 4.78 is 0. The van der Waals surface area contributed by atoms with Crippen LogP contribution in [0.5, 0.6) is 0 Å². The van der Waals surface area contributed by atoms with E-state index in [1.807, 2.05) is 18.2 Å². The van der Waals surface area contributed by atoms with Gasteiger partial charge in [-0.15, -0.1) is 11.3 Å². The van der Waals surface area contributed by atoms with Crippen LogP contribution in [-0.2, 0) is 6.54 Å². The Morgan fingerprint density at radius 1 is 1.50 bits per heavy atom. The normalized spacial score (nSPS) is 10.1. The molecule has 0 bridgehead atoms. The number of nitrogens with zero attached hydrogens (tertiary/aromatic N) is 1. The molecule has 5 heteroatoms. The Morgan fingerprint density at radius 3 is 3.06 bits per heavy atom. The molecule has 0 aliphatic rings. The van der Waals surface area contributed by atoms with E-state index in [1.165, 1.54) is 11.3 Å². The summed E-state index contributed by atoms with van der Waals surface area (Å²) in [6.07, 6.45) is 0. The predicted octanol–water partition coefficient (Wildman–Crippen LogP) is 2.73. The van der Waals surface area contributed by atoms with Crippen LogP contribution in [0, 0.1) is 0 Å². The van der Waals surface area contributed by atoms with Crippen molar-refractivity contribution in [2.45, 2.75) is 6.54 Å². The van der Waals surface area contributed by atoms with Crippen LogP contribution in [0.2, 0.25) is 5.02 Å². The SMILES string of the molecule is O=C(NCc1cccc(Cl)c1)c1cscn1. The van der Waals surface area contributed by atoms with Gasteiger partial charge in [0.25, 0.3) is 5.91 Å². The number of rotatable bonds is 3. The van der Waals surface area contributed by atoms with E-state index in [1.54, 1.807) is 17.0 Å². The number of thiazole rings is 1. The maximum Gasteiger partial charge on any atom is 0.271 e. The number of nitrogens with one attached hydrogen (secondary N) is 1. The van der Waals surface area contributed by atoms with E-state index in [4.69, 9.17) is 11.6 Å². The van der Waals surface area contributed by atoms with Gasteiger partial charge in [0.1, 0.15) is 5.69 Å². The van der Waals surface area contributed by atoms with Crippen molar-refractivity contribution in [2.75, 3.05) is 0 Å². The third-order valence-corrected chi connectivity index (χ3v) is 2.83. The van der Waals surface area contributed by atoms with Crippen molar-refractivity contribution in [3.05, 3.63) is 51.4 Å². The van der Waals surface area contributed by atoms with E-state index < -0.39 is 0 Å². The van der Waals surface area contributed by atoms with E-state index in [0.717, 1.165) is 5.56 Å². The monoisotopic (exact) mass is 252 g/mol. The summed E-state index contributed by atoms with van der Waals surface area (Å²) in [4.78, 5) is 15.5. The molecule has 1 aromatic carbocycles. The van der Waals surface area contributed by atoms with Crippen LogP contribution >= 0.6 is 22.9 Å². The molecule has 0 spiro atoms. The fourth-order valence-corrected chi connectivity index (χ4v) is 1.99. The smallest absolute Gasteiger partial charge is 0.271 e. The summed E-state index contributed by atoms with van der Waals surface area (Å²) in [6, 6.07) is 7.38. The van der Waals surface area contributed by atoms with E-state index in [2.05, 4.69) is 10.3 Å².